The maximum Gasteiger partial charge on any atom is 2.00 e. The first-order valence-corrected chi connectivity index (χ1v) is 19.1. The van der Waals surface area contributed by atoms with E-state index in [0.29, 0.717) is 33.6 Å². The van der Waals surface area contributed by atoms with E-state index in [9.17, 15) is 30.0 Å². The van der Waals surface area contributed by atoms with Crippen molar-refractivity contribution in [3.05, 3.63) is 295 Å². The van der Waals surface area contributed by atoms with Gasteiger partial charge in [-0.1, -0.05) is 146 Å². The number of rotatable bonds is 8. The Kier molecular flexibility index (Phi) is 28.9. The largest absolute Gasteiger partial charge is 2.00 e. The Morgan fingerprint density at radius 3 is 0.855 bits per heavy atom. The maximum atomic E-state index is 12.0. The van der Waals surface area contributed by atoms with E-state index in [4.69, 9.17) is 30.6 Å². The smallest absolute Gasteiger partial charge is 0.820 e. The van der Waals surface area contributed by atoms with E-state index in [-0.39, 0.29) is 62.6 Å². The van der Waals surface area contributed by atoms with E-state index in [1.807, 2.05) is 48.5 Å². The molecule has 4 aromatic heterocycles. The molecule has 0 unspecified atom stereocenters. The minimum Gasteiger partial charge on any atom is -0.820 e. The fourth-order valence-corrected chi connectivity index (χ4v) is 5.22. The maximum absolute atomic E-state index is 12.0. The van der Waals surface area contributed by atoms with Crippen molar-refractivity contribution in [2.75, 3.05) is 0 Å². The number of pyridine rings is 4. The summed E-state index contributed by atoms with van der Waals surface area (Å²) in [6, 6.07) is 55.5. The zero-order chi connectivity index (χ0) is 48.2. The Morgan fingerprint density at radius 1 is 0.391 bits per heavy atom. The minimum absolute atomic E-state index is 0. The summed E-state index contributed by atoms with van der Waals surface area (Å²) in [4.78, 5) is 55.8. The second-order valence-corrected chi connectivity index (χ2v) is 12.7. The molecule has 4 aromatic carbocycles. The topological polar surface area (TPSA) is 336 Å². The number of aliphatic hydroxyl groups is 2. The van der Waals surface area contributed by atoms with Crippen LogP contribution in [0.25, 0.3) is 0 Å². The second kappa shape index (κ2) is 32.7. The predicted molar refractivity (Wildman–Crippen MR) is 240 cm³/mol. The molecular weight excluding hydrogens is 996 g/mol. The van der Waals surface area contributed by atoms with Crippen LogP contribution in [0, 0.1) is 30.6 Å². The zero-order valence-corrected chi connectivity index (χ0v) is 37.4. The standard InChI is InChI=1S/2C12H10NO2.2C12H9NO.2Cu.2NO3.H2O/c2*14-12(15,10-6-2-1-3-7-10)11-8-4-5-9-13-11;2*14-12(10-6-2-1-3-7-10)11-8-4-5-9-13-11;;;2*2-1(3)4;/h2*1-9,14H;2*1-9H;;;;;1H2/q2*-1;;;2*+2;2*-1;/t2*12-;;;;;;;/m11......./s1. The Bertz CT molecular complexity index is 2280. The first-order chi connectivity index (χ1) is 31.6. The summed E-state index contributed by atoms with van der Waals surface area (Å²) in [5.41, 5.74) is 3.12. The third kappa shape index (κ3) is 21.9. The molecule has 69 heavy (non-hydrogen) atoms. The molecule has 362 valence electrons. The third-order valence-electron chi connectivity index (χ3n) is 8.22. The van der Waals surface area contributed by atoms with Crippen LogP contribution in [0.5, 0.6) is 0 Å². The van der Waals surface area contributed by atoms with E-state index in [1.54, 1.807) is 146 Å². The van der Waals surface area contributed by atoms with E-state index >= 15 is 0 Å². The van der Waals surface area contributed by atoms with Crippen LogP contribution in [-0.4, -0.2) is 57.4 Å². The fraction of sp³-hybridized carbons (Fsp3) is 0.0417. The van der Waals surface area contributed by atoms with Crippen molar-refractivity contribution in [3.8, 4) is 0 Å². The monoisotopic (exact) mass is 1030 g/mol. The number of hydrogen-bond acceptors (Lipinski definition) is 16. The molecule has 8 aromatic rings. The molecule has 0 saturated heterocycles. The van der Waals surface area contributed by atoms with Crippen LogP contribution in [0.15, 0.2) is 219 Å². The van der Waals surface area contributed by atoms with Crippen molar-refractivity contribution >= 4 is 11.6 Å². The van der Waals surface area contributed by atoms with Crippen molar-refractivity contribution < 1.29 is 79.8 Å². The van der Waals surface area contributed by atoms with Gasteiger partial charge in [-0.25, -0.2) is 0 Å². The average molecular weight is 1040 g/mol. The average Bonchev–Trinajstić information content (AvgIpc) is 3.36. The number of nitrogens with zero attached hydrogens (tertiary/aromatic N) is 6. The fourth-order valence-electron chi connectivity index (χ4n) is 5.22. The molecule has 0 fully saturated rings. The molecule has 2 radical (unpaired) electrons. The number of aromatic nitrogens is 4. The van der Waals surface area contributed by atoms with Crippen LogP contribution in [0.2, 0.25) is 0 Å². The molecule has 0 saturated carbocycles. The Hall–Kier alpha value is -7.94. The second-order valence-electron chi connectivity index (χ2n) is 12.7. The van der Waals surface area contributed by atoms with Crippen molar-refractivity contribution in [2.45, 2.75) is 11.6 Å². The van der Waals surface area contributed by atoms with Gasteiger partial charge in [-0.15, -0.1) is 0 Å². The molecular formula is C48H40Cu2N6O13. The molecule has 2 atom stereocenters. The minimum atomic E-state index is -2.28. The molecule has 0 aliphatic rings. The number of benzene rings is 4. The number of hydrogen-bond donors (Lipinski definition) is 2. The number of carbonyl (C=O) groups is 2. The van der Waals surface area contributed by atoms with Gasteiger partial charge in [-0.2, -0.15) is 0 Å². The van der Waals surface area contributed by atoms with Crippen LogP contribution >= 0.6 is 0 Å². The summed E-state index contributed by atoms with van der Waals surface area (Å²) >= 11 is 0. The normalized spacial score (nSPS) is 11.0. The zero-order valence-electron chi connectivity index (χ0n) is 35.5. The quantitative estimate of drug-likeness (QED) is 0.0691. The van der Waals surface area contributed by atoms with Gasteiger partial charge >= 0.3 is 34.1 Å². The molecule has 4 N–H and O–H groups in total. The van der Waals surface area contributed by atoms with Crippen molar-refractivity contribution in [2.24, 2.45) is 0 Å². The summed E-state index contributed by atoms with van der Waals surface area (Å²) < 4.78 is 0. The SMILES string of the molecule is O.O=C(c1ccccc1)c1ccccn1.O=C(c1ccccc1)c1ccccn1.O=[N+]([O-])[O-].O=[N+]([O-])[O-].[Cu+2].[Cu+2].[O-][C@](O)(c1ccccc1)c1ccccn1.[O-][C@](O)(c1ccccc1)c1ccccn1. The van der Waals surface area contributed by atoms with E-state index in [2.05, 4.69) is 19.9 Å². The van der Waals surface area contributed by atoms with Gasteiger partial charge < -0.3 is 56.5 Å². The summed E-state index contributed by atoms with van der Waals surface area (Å²) in [6.07, 6.45) is 6.22. The molecule has 0 spiro atoms. The van der Waals surface area contributed by atoms with Crippen LogP contribution in [0.3, 0.4) is 0 Å². The number of ketones is 2. The Labute approximate surface area is 415 Å². The molecule has 19 nitrogen and oxygen atoms in total. The molecule has 0 bridgehead atoms. The first kappa shape index (κ1) is 61.1. The van der Waals surface area contributed by atoms with Crippen LogP contribution in [0.1, 0.15) is 54.6 Å². The van der Waals surface area contributed by atoms with Gasteiger partial charge in [0, 0.05) is 35.9 Å². The van der Waals surface area contributed by atoms with Gasteiger partial charge in [-0.05, 0) is 59.7 Å². The van der Waals surface area contributed by atoms with Crippen molar-refractivity contribution in [1.82, 2.24) is 19.9 Å². The van der Waals surface area contributed by atoms with Gasteiger partial charge in [0.2, 0.25) is 11.6 Å². The van der Waals surface area contributed by atoms with Crippen LogP contribution < -0.4 is 10.2 Å². The van der Waals surface area contributed by atoms with Gasteiger partial charge in [0.25, 0.3) is 0 Å². The van der Waals surface area contributed by atoms with Crippen molar-refractivity contribution in [1.29, 1.82) is 0 Å². The van der Waals surface area contributed by atoms with Crippen molar-refractivity contribution in [3.63, 3.8) is 0 Å². The molecule has 0 aliphatic carbocycles. The van der Waals surface area contributed by atoms with E-state index in [1.165, 1.54) is 24.5 Å². The third-order valence-corrected chi connectivity index (χ3v) is 8.22. The Morgan fingerprint density at radius 2 is 0.623 bits per heavy atom. The first-order valence-electron chi connectivity index (χ1n) is 19.1. The molecule has 21 heteroatoms. The van der Waals surface area contributed by atoms with Gasteiger partial charge in [0.1, 0.15) is 11.4 Å². The van der Waals surface area contributed by atoms with Crippen LogP contribution in [0.4, 0.5) is 0 Å². The molecule has 0 amide bonds. The summed E-state index contributed by atoms with van der Waals surface area (Å²) in [7, 11) is 0. The molecule has 0 aliphatic heterocycles. The summed E-state index contributed by atoms with van der Waals surface area (Å²) in [5.74, 6) is -4.62. The van der Waals surface area contributed by atoms with Gasteiger partial charge in [-0.3, -0.25) is 29.5 Å². The van der Waals surface area contributed by atoms with Gasteiger partial charge in [0.15, 0.2) is 0 Å². The molecule has 4 heterocycles. The van der Waals surface area contributed by atoms with E-state index in [0.717, 1.165) is 0 Å². The Balaban J connectivity index is 0.000000837. The summed E-state index contributed by atoms with van der Waals surface area (Å²) in [6.45, 7) is 0. The van der Waals surface area contributed by atoms with Crippen LogP contribution in [-0.2, 0) is 45.7 Å². The summed E-state index contributed by atoms with van der Waals surface area (Å²) in [5, 5.41) is 73.2. The number of carbonyl (C=O) groups excluding carboxylic acids is 2. The van der Waals surface area contributed by atoms with Gasteiger partial charge in [0.05, 0.1) is 33.1 Å². The predicted octanol–water partition coefficient (Wildman–Crippen LogP) is 4.59. The molecule has 8 rings (SSSR count). The van der Waals surface area contributed by atoms with E-state index < -0.39 is 21.7 Å².